The molecule has 0 spiro atoms. The lowest BCUT2D eigenvalue weighted by atomic mass is 10.0. The molecular formula is C32H62. The maximum absolute atomic E-state index is 2.42. The fourth-order valence-electron chi connectivity index (χ4n) is 4.52. The fraction of sp³-hybridized carbons (Fsp3) is 0.875. The molecule has 0 unspecified atom stereocenters. The van der Waals surface area contributed by atoms with E-state index in [0.717, 1.165) is 0 Å². The number of hydrogen-bond donors (Lipinski definition) is 0. The minimum atomic E-state index is 1.23. The van der Waals surface area contributed by atoms with Crippen LogP contribution in [0.25, 0.3) is 0 Å². The van der Waals surface area contributed by atoms with Crippen molar-refractivity contribution in [3.63, 3.8) is 0 Å². The fourth-order valence-corrected chi connectivity index (χ4v) is 4.52. The molecule has 0 bridgehead atoms. The Morgan fingerprint density at radius 3 is 0.750 bits per heavy atom. The standard InChI is InChI=1S/C32H62/c1-3-5-7-9-11-13-15-17-19-21-23-25-27-29-31-32-30-28-26-24-22-20-18-16-14-12-10-8-6-4-2/h27-30H,3-26,31-32H2,1-2H3. The van der Waals surface area contributed by atoms with Gasteiger partial charge in [-0.3, -0.25) is 0 Å². The second-order valence-corrected chi connectivity index (χ2v) is 10.2. The van der Waals surface area contributed by atoms with Crippen LogP contribution in [0.15, 0.2) is 24.3 Å². The normalized spacial score (nSPS) is 11.9. The Balaban J connectivity index is 3.14. The number of hydrogen-bond acceptors (Lipinski definition) is 0. The van der Waals surface area contributed by atoms with Crippen LogP contribution in [0.1, 0.15) is 181 Å². The maximum atomic E-state index is 2.42. The van der Waals surface area contributed by atoms with Crippen LogP contribution in [0.3, 0.4) is 0 Å². The van der Waals surface area contributed by atoms with Crippen LogP contribution in [0.5, 0.6) is 0 Å². The van der Waals surface area contributed by atoms with Gasteiger partial charge in [0.15, 0.2) is 0 Å². The summed E-state index contributed by atoms with van der Waals surface area (Å²) < 4.78 is 0. The Labute approximate surface area is 205 Å². The van der Waals surface area contributed by atoms with Gasteiger partial charge in [-0.15, -0.1) is 0 Å². The van der Waals surface area contributed by atoms with E-state index >= 15 is 0 Å². The van der Waals surface area contributed by atoms with Gasteiger partial charge in [0.2, 0.25) is 0 Å². The van der Waals surface area contributed by atoms with E-state index in [1.807, 2.05) is 0 Å². The summed E-state index contributed by atoms with van der Waals surface area (Å²) >= 11 is 0. The maximum Gasteiger partial charge on any atom is -0.0316 e. The second kappa shape index (κ2) is 30.5. The minimum Gasteiger partial charge on any atom is -0.0885 e. The molecule has 0 aromatic carbocycles. The van der Waals surface area contributed by atoms with E-state index in [1.165, 1.54) is 167 Å². The molecule has 0 rings (SSSR count). The summed E-state index contributed by atoms with van der Waals surface area (Å²) in [6.07, 6.45) is 46.4. The molecule has 0 nitrogen and oxygen atoms in total. The van der Waals surface area contributed by atoms with Crippen LogP contribution >= 0.6 is 0 Å². The molecule has 0 saturated heterocycles. The Bertz CT molecular complexity index is 328. The van der Waals surface area contributed by atoms with E-state index in [-0.39, 0.29) is 0 Å². The molecule has 32 heavy (non-hydrogen) atoms. The lowest BCUT2D eigenvalue weighted by Gasteiger charge is -2.01. The van der Waals surface area contributed by atoms with E-state index in [2.05, 4.69) is 38.2 Å². The topological polar surface area (TPSA) is 0 Å². The smallest absolute Gasteiger partial charge is 0.0316 e. The highest BCUT2D eigenvalue weighted by molar-refractivity contribution is 4.88. The van der Waals surface area contributed by atoms with Gasteiger partial charge in [-0.05, 0) is 38.5 Å². The zero-order chi connectivity index (χ0) is 23.2. The van der Waals surface area contributed by atoms with E-state index in [4.69, 9.17) is 0 Å². The van der Waals surface area contributed by atoms with E-state index in [0.29, 0.717) is 0 Å². The van der Waals surface area contributed by atoms with Crippen LogP contribution < -0.4 is 0 Å². The highest BCUT2D eigenvalue weighted by Gasteiger charge is 1.93. The van der Waals surface area contributed by atoms with Gasteiger partial charge in [0.1, 0.15) is 0 Å². The molecule has 0 fully saturated rings. The summed E-state index contributed by atoms with van der Waals surface area (Å²) in [6.45, 7) is 4.60. The van der Waals surface area contributed by atoms with Gasteiger partial charge in [0.25, 0.3) is 0 Å². The summed E-state index contributed by atoms with van der Waals surface area (Å²) in [4.78, 5) is 0. The first-order valence-corrected chi connectivity index (χ1v) is 15.2. The van der Waals surface area contributed by atoms with Crippen molar-refractivity contribution >= 4 is 0 Å². The molecule has 0 radical (unpaired) electrons. The predicted molar refractivity (Wildman–Crippen MR) is 150 cm³/mol. The van der Waals surface area contributed by atoms with Gasteiger partial charge in [-0.1, -0.05) is 167 Å². The molecule has 0 aliphatic rings. The SMILES string of the molecule is CCCCCCCCCCCCCC=CCCC=CCCCCCCCCCCCCC. The number of unbranched alkanes of at least 4 members (excludes halogenated alkanes) is 23. The summed E-state index contributed by atoms with van der Waals surface area (Å²) in [7, 11) is 0. The minimum absolute atomic E-state index is 1.23. The van der Waals surface area contributed by atoms with Crippen molar-refractivity contribution in [2.45, 2.75) is 181 Å². The largest absolute Gasteiger partial charge is 0.0885 e. The summed E-state index contributed by atoms with van der Waals surface area (Å²) in [5.74, 6) is 0. The van der Waals surface area contributed by atoms with Crippen molar-refractivity contribution in [1.82, 2.24) is 0 Å². The van der Waals surface area contributed by atoms with Crippen molar-refractivity contribution in [3.05, 3.63) is 24.3 Å². The zero-order valence-corrected chi connectivity index (χ0v) is 22.7. The third-order valence-electron chi connectivity index (χ3n) is 6.78. The van der Waals surface area contributed by atoms with E-state index in [1.54, 1.807) is 0 Å². The Hall–Kier alpha value is -0.520. The monoisotopic (exact) mass is 446 g/mol. The third kappa shape index (κ3) is 29.5. The van der Waals surface area contributed by atoms with Gasteiger partial charge in [-0.2, -0.15) is 0 Å². The molecule has 0 atom stereocenters. The van der Waals surface area contributed by atoms with Crippen molar-refractivity contribution in [3.8, 4) is 0 Å². The number of allylic oxidation sites excluding steroid dienone is 4. The average molecular weight is 447 g/mol. The lowest BCUT2D eigenvalue weighted by Crippen LogP contribution is -1.82. The van der Waals surface area contributed by atoms with Gasteiger partial charge in [-0.25, -0.2) is 0 Å². The Morgan fingerprint density at radius 1 is 0.250 bits per heavy atom. The molecule has 0 amide bonds. The van der Waals surface area contributed by atoms with Crippen molar-refractivity contribution in [2.24, 2.45) is 0 Å². The van der Waals surface area contributed by atoms with Gasteiger partial charge >= 0.3 is 0 Å². The second-order valence-electron chi connectivity index (χ2n) is 10.2. The van der Waals surface area contributed by atoms with Crippen LogP contribution in [-0.4, -0.2) is 0 Å². The summed E-state index contributed by atoms with van der Waals surface area (Å²) in [6, 6.07) is 0. The van der Waals surface area contributed by atoms with Gasteiger partial charge in [0.05, 0.1) is 0 Å². The molecule has 0 heteroatoms. The quantitative estimate of drug-likeness (QED) is 0.0868. The summed E-state index contributed by atoms with van der Waals surface area (Å²) in [5.41, 5.74) is 0. The van der Waals surface area contributed by atoms with Crippen molar-refractivity contribution < 1.29 is 0 Å². The molecule has 0 aromatic rings. The van der Waals surface area contributed by atoms with Crippen LogP contribution in [0.4, 0.5) is 0 Å². The molecule has 0 aliphatic carbocycles. The highest BCUT2D eigenvalue weighted by Crippen LogP contribution is 2.13. The van der Waals surface area contributed by atoms with Crippen LogP contribution in [-0.2, 0) is 0 Å². The van der Waals surface area contributed by atoms with Gasteiger partial charge in [0, 0.05) is 0 Å². The van der Waals surface area contributed by atoms with Crippen LogP contribution in [0, 0.1) is 0 Å². The molecule has 0 heterocycles. The first-order valence-electron chi connectivity index (χ1n) is 15.2. The number of rotatable bonds is 27. The molecular weight excluding hydrogens is 384 g/mol. The first-order chi connectivity index (χ1) is 15.9. The first kappa shape index (κ1) is 31.5. The van der Waals surface area contributed by atoms with E-state index in [9.17, 15) is 0 Å². The molecule has 0 aliphatic heterocycles. The lowest BCUT2D eigenvalue weighted by molar-refractivity contribution is 0.550. The van der Waals surface area contributed by atoms with Crippen LogP contribution in [0.2, 0.25) is 0 Å². The molecule has 0 saturated carbocycles. The highest BCUT2D eigenvalue weighted by atomic mass is 14.0. The summed E-state index contributed by atoms with van der Waals surface area (Å²) in [5, 5.41) is 0. The molecule has 190 valence electrons. The molecule has 0 N–H and O–H groups in total. The van der Waals surface area contributed by atoms with E-state index < -0.39 is 0 Å². The van der Waals surface area contributed by atoms with Crippen molar-refractivity contribution in [1.29, 1.82) is 0 Å². The third-order valence-corrected chi connectivity index (χ3v) is 6.78. The predicted octanol–water partition coefficient (Wildman–Crippen LogP) is 12.3. The average Bonchev–Trinajstić information content (AvgIpc) is 2.81. The van der Waals surface area contributed by atoms with Crippen molar-refractivity contribution in [2.75, 3.05) is 0 Å². The molecule has 0 aromatic heterocycles. The van der Waals surface area contributed by atoms with Gasteiger partial charge < -0.3 is 0 Å². The zero-order valence-electron chi connectivity index (χ0n) is 22.7. The Morgan fingerprint density at radius 2 is 0.469 bits per heavy atom. The Kier molecular flexibility index (Phi) is 30.0.